The lowest BCUT2D eigenvalue weighted by Crippen LogP contribution is -2.51. The normalized spacial score (nSPS) is 20.5. The van der Waals surface area contributed by atoms with Crippen LogP contribution in [0.4, 0.5) is 0 Å². The van der Waals surface area contributed by atoms with E-state index in [0.717, 1.165) is 44.6 Å². The molecule has 3 N–H and O–H groups in total. The van der Waals surface area contributed by atoms with E-state index in [1.54, 1.807) is 10.7 Å². The molecular formula is C26H23N5O. The highest BCUT2D eigenvalue weighted by Crippen LogP contribution is 2.40. The van der Waals surface area contributed by atoms with Crippen molar-refractivity contribution in [2.45, 2.75) is 31.4 Å². The summed E-state index contributed by atoms with van der Waals surface area (Å²) in [4.78, 5) is 9.61. The second kappa shape index (κ2) is 6.95. The van der Waals surface area contributed by atoms with Crippen LogP contribution in [0.1, 0.15) is 24.0 Å². The molecule has 1 saturated carbocycles. The zero-order valence-electron chi connectivity index (χ0n) is 17.7. The molecule has 0 radical (unpaired) electrons. The van der Waals surface area contributed by atoms with Gasteiger partial charge in [0.1, 0.15) is 0 Å². The van der Waals surface area contributed by atoms with Crippen LogP contribution in [0.25, 0.3) is 39.1 Å². The Bertz CT molecular complexity index is 1470. The van der Waals surface area contributed by atoms with E-state index in [-0.39, 0.29) is 6.10 Å². The first kappa shape index (κ1) is 19.1. The van der Waals surface area contributed by atoms with Gasteiger partial charge in [0.05, 0.1) is 18.0 Å². The molecule has 0 saturated heterocycles. The van der Waals surface area contributed by atoms with Gasteiger partial charge in [0.15, 0.2) is 11.3 Å². The van der Waals surface area contributed by atoms with E-state index >= 15 is 0 Å². The van der Waals surface area contributed by atoms with E-state index < -0.39 is 5.54 Å². The number of hydrogen-bond donors (Lipinski definition) is 2. The molecule has 158 valence electrons. The summed E-state index contributed by atoms with van der Waals surface area (Å²) in [6.07, 6.45) is 4.48. The fraction of sp³-hybridized carbons (Fsp3) is 0.192. The third-order valence-electron chi connectivity index (χ3n) is 6.56. The number of aromatic nitrogens is 4. The Balaban J connectivity index is 1.57. The van der Waals surface area contributed by atoms with E-state index in [4.69, 9.17) is 10.7 Å². The predicted molar refractivity (Wildman–Crippen MR) is 125 cm³/mol. The fourth-order valence-electron chi connectivity index (χ4n) is 4.75. The molecule has 0 spiro atoms. The Morgan fingerprint density at radius 2 is 1.81 bits per heavy atom. The van der Waals surface area contributed by atoms with E-state index in [2.05, 4.69) is 65.5 Å². The Hall–Kier alpha value is -3.61. The summed E-state index contributed by atoms with van der Waals surface area (Å²) in [6.45, 7) is 2.11. The SMILES string of the molecule is Cc1ccccc1-c1cc2cnc3ccnn3c2nc1-c1ccc([C@]2(N)C[C@@H](O)C2)cc1. The number of pyridine rings is 1. The summed E-state index contributed by atoms with van der Waals surface area (Å²) >= 11 is 0. The van der Waals surface area contributed by atoms with Crippen molar-refractivity contribution in [1.29, 1.82) is 0 Å². The van der Waals surface area contributed by atoms with Gasteiger partial charge in [-0.15, -0.1) is 0 Å². The first-order chi connectivity index (χ1) is 15.5. The minimum atomic E-state index is -0.444. The van der Waals surface area contributed by atoms with Crippen LogP contribution in [-0.4, -0.2) is 30.8 Å². The molecule has 3 aromatic heterocycles. The molecule has 2 aromatic carbocycles. The predicted octanol–water partition coefficient (Wildman–Crippen LogP) is 4.23. The maximum atomic E-state index is 9.73. The number of nitrogens with zero attached hydrogens (tertiary/aromatic N) is 4. The van der Waals surface area contributed by atoms with Crippen LogP contribution in [0.2, 0.25) is 0 Å². The van der Waals surface area contributed by atoms with Crippen LogP contribution in [0.15, 0.2) is 73.1 Å². The number of aryl methyl sites for hydroxylation is 1. The summed E-state index contributed by atoms with van der Waals surface area (Å²) in [5, 5.41) is 15.1. The molecule has 0 amide bonds. The molecule has 6 heteroatoms. The van der Waals surface area contributed by atoms with Gasteiger partial charge in [-0.3, -0.25) is 0 Å². The minimum Gasteiger partial charge on any atom is -0.393 e. The van der Waals surface area contributed by atoms with Gasteiger partial charge in [0.2, 0.25) is 0 Å². The van der Waals surface area contributed by atoms with Gasteiger partial charge in [-0.2, -0.15) is 9.61 Å². The van der Waals surface area contributed by atoms with Gasteiger partial charge in [-0.25, -0.2) is 9.97 Å². The van der Waals surface area contributed by atoms with Crippen molar-refractivity contribution in [3.8, 4) is 22.4 Å². The Morgan fingerprint density at radius 3 is 2.56 bits per heavy atom. The van der Waals surface area contributed by atoms with Gasteiger partial charge < -0.3 is 10.8 Å². The van der Waals surface area contributed by atoms with Crippen LogP contribution in [0, 0.1) is 6.92 Å². The van der Waals surface area contributed by atoms with Crippen molar-refractivity contribution in [2.75, 3.05) is 0 Å². The number of hydrogen-bond acceptors (Lipinski definition) is 5. The number of aliphatic hydroxyl groups is 1. The van der Waals surface area contributed by atoms with Crippen LogP contribution in [0.5, 0.6) is 0 Å². The molecule has 1 aliphatic carbocycles. The molecular weight excluding hydrogens is 398 g/mol. The van der Waals surface area contributed by atoms with Gasteiger partial charge in [0, 0.05) is 34.3 Å². The van der Waals surface area contributed by atoms with E-state index in [1.807, 2.05) is 18.3 Å². The molecule has 6 nitrogen and oxygen atoms in total. The van der Waals surface area contributed by atoms with Crippen molar-refractivity contribution >= 4 is 16.7 Å². The van der Waals surface area contributed by atoms with Crippen LogP contribution >= 0.6 is 0 Å². The molecule has 3 heterocycles. The smallest absolute Gasteiger partial charge is 0.165 e. The highest BCUT2D eigenvalue weighted by atomic mass is 16.3. The summed E-state index contributed by atoms with van der Waals surface area (Å²) in [5.41, 5.74) is 13.9. The first-order valence-electron chi connectivity index (χ1n) is 10.8. The molecule has 0 unspecified atom stereocenters. The summed E-state index contributed by atoms with van der Waals surface area (Å²) in [7, 11) is 0. The topological polar surface area (TPSA) is 89.3 Å². The average molecular weight is 422 g/mol. The van der Waals surface area contributed by atoms with E-state index in [1.165, 1.54) is 5.56 Å². The maximum Gasteiger partial charge on any atom is 0.165 e. The molecule has 1 aliphatic rings. The largest absolute Gasteiger partial charge is 0.393 e. The third-order valence-corrected chi connectivity index (χ3v) is 6.56. The molecule has 0 bridgehead atoms. The van der Waals surface area contributed by atoms with E-state index in [9.17, 15) is 5.11 Å². The Kier molecular flexibility index (Phi) is 4.15. The van der Waals surface area contributed by atoms with Gasteiger partial charge in [0.25, 0.3) is 0 Å². The van der Waals surface area contributed by atoms with Crippen LogP contribution in [0.3, 0.4) is 0 Å². The average Bonchev–Trinajstić information content (AvgIpc) is 3.27. The van der Waals surface area contributed by atoms with Gasteiger partial charge in [-0.1, -0.05) is 48.5 Å². The van der Waals surface area contributed by atoms with Crippen LogP contribution < -0.4 is 5.73 Å². The van der Waals surface area contributed by atoms with Crippen molar-refractivity contribution in [3.05, 3.63) is 84.2 Å². The number of nitrogens with two attached hydrogens (primary N) is 1. The molecule has 6 rings (SSSR count). The lowest BCUT2D eigenvalue weighted by atomic mass is 9.70. The highest BCUT2D eigenvalue weighted by Gasteiger charge is 2.41. The summed E-state index contributed by atoms with van der Waals surface area (Å²) in [5.74, 6) is 0. The molecule has 5 aromatic rings. The zero-order valence-corrected chi connectivity index (χ0v) is 17.7. The molecule has 1 fully saturated rings. The Morgan fingerprint density at radius 1 is 1.03 bits per heavy atom. The number of aliphatic hydroxyl groups excluding tert-OH is 1. The van der Waals surface area contributed by atoms with Crippen molar-refractivity contribution in [2.24, 2.45) is 5.73 Å². The zero-order chi connectivity index (χ0) is 21.9. The second-order valence-corrected chi connectivity index (χ2v) is 8.77. The standard InChI is InChI=1S/C26H23N5O/c1-16-4-2-3-5-21(16)22-12-18-15-28-23-10-11-29-31(23)25(18)30-24(22)17-6-8-19(9-7-17)26(27)13-20(32)14-26/h2-12,15,20,32H,13-14,27H2,1H3/t20-,26+. The first-order valence-corrected chi connectivity index (χ1v) is 10.8. The Labute approximate surface area is 185 Å². The second-order valence-electron chi connectivity index (χ2n) is 8.77. The lowest BCUT2D eigenvalue weighted by molar-refractivity contribution is 0.0209. The highest BCUT2D eigenvalue weighted by molar-refractivity contribution is 5.91. The van der Waals surface area contributed by atoms with Crippen molar-refractivity contribution in [1.82, 2.24) is 19.6 Å². The lowest BCUT2D eigenvalue weighted by Gasteiger charge is -2.42. The number of benzene rings is 2. The molecule has 0 atom stereocenters. The van der Waals surface area contributed by atoms with Gasteiger partial charge >= 0.3 is 0 Å². The molecule has 32 heavy (non-hydrogen) atoms. The fourth-order valence-corrected chi connectivity index (χ4v) is 4.75. The maximum absolute atomic E-state index is 9.73. The van der Waals surface area contributed by atoms with Crippen LogP contribution in [-0.2, 0) is 5.54 Å². The minimum absolute atomic E-state index is 0.306. The van der Waals surface area contributed by atoms with E-state index in [0.29, 0.717) is 12.8 Å². The summed E-state index contributed by atoms with van der Waals surface area (Å²) in [6, 6.07) is 20.6. The van der Waals surface area contributed by atoms with Crippen molar-refractivity contribution < 1.29 is 5.11 Å². The third kappa shape index (κ3) is 2.92. The number of fused-ring (bicyclic) bond motifs is 3. The molecule has 0 aliphatic heterocycles. The quantitative estimate of drug-likeness (QED) is 0.455. The van der Waals surface area contributed by atoms with Gasteiger partial charge in [-0.05, 0) is 42.5 Å². The summed E-state index contributed by atoms with van der Waals surface area (Å²) < 4.78 is 1.78. The number of rotatable bonds is 3. The monoisotopic (exact) mass is 421 g/mol. The van der Waals surface area contributed by atoms with Crippen molar-refractivity contribution in [3.63, 3.8) is 0 Å².